The topological polar surface area (TPSA) is 65.9 Å². The van der Waals surface area contributed by atoms with Gasteiger partial charge in [-0.1, -0.05) is 55.5 Å². The summed E-state index contributed by atoms with van der Waals surface area (Å²) in [5.74, 6) is 1.80. The van der Waals surface area contributed by atoms with E-state index in [1.54, 1.807) is 0 Å². The summed E-state index contributed by atoms with van der Waals surface area (Å²) < 4.78 is 0. The van der Waals surface area contributed by atoms with Crippen molar-refractivity contribution in [3.8, 4) is 11.1 Å². The van der Waals surface area contributed by atoms with Crippen LogP contribution in [-0.4, -0.2) is 24.7 Å². The Bertz CT molecular complexity index is 1050. The summed E-state index contributed by atoms with van der Waals surface area (Å²) in [6.07, 6.45) is 7.96. The molecule has 4 nitrogen and oxygen atoms in total. The van der Waals surface area contributed by atoms with Gasteiger partial charge >= 0.3 is 0 Å². The van der Waals surface area contributed by atoms with Gasteiger partial charge in [0.15, 0.2) is 0 Å². The van der Waals surface area contributed by atoms with Crippen molar-refractivity contribution in [3.63, 3.8) is 0 Å². The highest BCUT2D eigenvalue weighted by molar-refractivity contribution is 5.95. The molecule has 2 aromatic carbocycles. The predicted molar refractivity (Wildman–Crippen MR) is 133 cm³/mol. The molecule has 1 aromatic heterocycles. The zero-order chi connectivity index (χ0) is 21.6. The standard InChI is InChI=1S/C27H34N4/c1-19(12-13-29-18-28)10-11-21-7-5-8-22(14-21)23-15-25-26(17-31-27(25)30-16-23)24-9-4-3-6-20(24)2/h3-9,14-15,17,19,29-31H,10-13,16,18,28H2,1-2H3. The average Bonchev–Trinajstić information content (AvgIpc) is 3.21. The Hall–Kier alpha value is -2.82. The summed E-state index contributed by atoms with van der Waals surface area (Å²) in [5.41, 5.74) is 14.7. The molecule has 4 rings (SSSR count). The number of anilines is 1. The molecule has 4 heteroatoms. The number of aryl methyl sites for hydroxylation is 2. The van der Waals surface area contributed by atoms with Gasteiger partial charge in [0.1, 0.15) is 5.82 Å². The number of benzene rings is 2. The van der Waals surface area contributed by atoms with Crippen molar-refractivity contribution in [2.24, 2.45) is 11.7 Å². The molecular weight excluding hydrogens is 380 g/mol. The van der Waals surface area contributed by atoms with E-state index in [1.807, 2.05) is 0 Å². The third-order valence-corrected chi connectivity index (χ3v) is 6.31. The van der Waals surface area contributed by atoms with Gasteiger partial charge in [0, 0.05) is 30.5 Å². The Kier molecular flexibility index (Phi) is 6.90. The van der Waals surface area contributed by atoms with Crippen LogP contribution in [0.1, 0.15) is 42.0 Å². The second-order valence-electron chi connectivity index (χ2n) is 8.67. The minimum absolute atomic E-state index is 0.562. The lowest BCUT2D eigenvalue weighted by Gasteiger charge is -2.18. The van der Waals surface area contributed by atoms with E-state index in [0.29, 0.717) is 12.6 Å². The van der Waals surface area contributed by atoms with Crippen LogP contribution in [0.3, 0.4) is 0 Å². The van der Waals surface area contributed by atoms with Crippen LogP contribution in [0.4, 0.5) is 5.82 Å². The minimum atomic E-state index is 0.562. The third-order valence-electron chi connectivity index (χ3n) is 6.31. The number of hydrogen-bond acceptors (Lipinski definition) is 3. The highest BCUT2D eigenvalue weighted by Crippen LogP contribution is 2.37. The van der Waals surface area contributed by atoms with E-state index in [-0.39, 0.29) is 0 Å². The zero-order valence-corrected chi connectivity index (χ0v) is 18.7. The molecule has 31 heavy (non-hydrogen) atoms. The molecule has 1 atom stereocenters. The van der Waals surface area contributed by atoms with Crippen LogP contribution in [-0.2, 0) is 6.42 Å². The molecule has 0 amide bonds. The smallest absolute Gasteiger partial charge is 0.111 e. The molecule has 1 unspecified atom stereocenters. The van der Waals surface area contributed by atoms with E-state index in [4.69, 9.17) is 5.73 Å². The second-order valence-corrected chi connectivity index (χ2v) is 8.67. The van der Waals surface area contributed by atoms with Crippen LogP contribution < -0.4 is 16.4 Å². The first-order chi connectivity index (χ1) is 15.2. The molecule has 0 fully saturated rings. The summed E-state index contributed by atoms with van der Waals surface area (Å²) in [7, 11) is 0. The van der Waals surface area contributed by atoms with Gasteiger partial charge in [-0.15, -0.1) is 0 Å². The van der Waals surface area contributed by atoms with Gasteiger partial charge in [0.05, 0.1) is 0 Å². The summed E-state index contributed by atoms with van der Waals surface area (Å²) in [4.78, 5) is 3.42. The molecule has 0 spiro atoms. The number of hydrogen-bond donors (Lipinski definition) is 4. The molecule has 0 saturated heterocycles. The Labute approximate surface area is 186 Å². The molecule has 2 heterocycles. The van der Waals surface area contributed by atoms with E-state index >= 15 is 0 Å². The third kappa shape index (κ3) is 5.09. The van der Waals surface area contributed by atoms with Gasteiger partial charge < -0.3 is 21.4 Å². The Morgan fingerprint density at radius 3 is 2.77 bits per heavy atom. The fourth-order valence-corrected chi connectivity index (χ4v) is 4.36. The second kappa shape index (κ2) is 9.99. The van der Waals surface area contributed by atoms with Gasteiger partial charge in [-0.3, -0.25) is 0 Å². The number of H-pyrrole nitrogens is 1. The Morgan fingerprint density at radius 2 is 1.94 bits per heavy atom. The normalized spacial score (nSPS) is 14.0. The number of fused-ring (bicyclic) bond motifs is 1. The van der Waals surface area contributed by atoms with E-state index in [0.717, 1.165) is 25.3 Å². The lowest BCUT2D eigenvalue weighted by atomic mass is 9.93. The zero-order valence-electron chi connectivity index (χ0n) is 18.7. The molecule has 0 bridgehead atoms. The Balaban J connectivity index is 1.52. The lowest BCUT2D eigenvalue weighted by molar-refractivity contribution is 0.473. The fourth-order valence-electron chi connectivity index (χ4n) is 4.36. The maximum atomic E-state index is 5.52. The van der Waals surface area contributed by atoms with E-state index < -0.39 is 0 Å². The van der Waals surface area contributed by atoms with Crippen molar-refractivity contribution in [2.75, 3.05) is 25.1 Å². The summed E-state index contributed by atoms with van der Waals surface area (Å²) in [6.45, 7) is 6.90. The molecule has 1 aliphatic heterocycles. The number of nitrogens with two attached hydrogens (primary N) is 1. The quantitative estimate of drug-likeness (QED) is 0.279. The monoisotopic (exact) mass is 414 g/mol. The van der Waals surface area contributed by atoms with Crippen molar-refractivity contribution in [1.29, 1.82) is 0 Å². The molecular formula is C27H34N4. The van der Waals surface area contributed by atoms with Crippen LogP contribution in [0.2, 0.25) is 0 Å². The predicted octanol–water partition coefficient (Wildman–Crippen LogP) is 5.42. The summed E-state index contributed by atoms with van der Waals surface area (Å²) >= 11 is 0. The maximum Gasteiger partial charge on any atom is 0.111 e. The van der Waals surface area contributed by atoms with Crippen molar-refractivity contribution in [2.45, 2.75) is 33.1 Å². The van der Waals surface area contributed by atoms with E-state index in [1.165, 1.54) is 51.8 Å². The molecule has 0 aliphatic carbocycles. The van der Waals surface area contributed by atoms with Crippen LogP contribution in [0, 0.1) is 12.8 Å². The molecule has 5 N–H and O–H groups in total. The number of aromatic nitrogens is 1. The van der Waals surface area contributed by atoms with Crippen molar-refractivity contribution in [1.82, 2.24) is 10.3 Å². The van der Waals surface area contributed by atoms with Crippen molar-refractivity contribution < 1.29 is 0 Å². The summed E-state index contributed by atoms with van der Waals surface area (Å²) in [6, 6.07) is 17.6. The lowest BCUT2D eigenvalue weighted by Crippen LogP contribution is -2.24. The van der Waals surface area contributed by atoms with Crippen LogP contribution >= 0.6 is 0 Å². The minimum Gasteiger partial charge on any atom is -0.367 e. The molecule has 0 radical (unpaired) electrons. The molecule has 1 aliphatic rings. The van der Waals surface area contributed by atoms with Crippen LogP contribution in [0.15, 0.2) is 54.7 Å². The number of aromatic amines is 1. The molecule has 0 saturated carbocycles. The van der Waals surface area contributed by atoms with Crippen molar-refractivity contribution in [3.05, 3.63) is 77.0 Å². The highest BCUT2D eigenvalue weighted by atomic mass is 15.0. The first-order valence-corrected chi connectivity index (χ1v) is 11.4. The first-order valence-electron chi connectivity index (χ1n) is 11.4. The average molecular weight is 415 g/mol. The maximum absolute atomic E-state index is 5.52. The van der Waals surface area contributed by atoms with Crippen LogP contribution in [0.5, 0.6) is 0 Å². The van der Waals surface area contributed by atoms with E-state index in [2.05, 4.69) is 90.3 Å². The van der Waals surface area contributed by atoms with Gasteiger partial charge in [-0.05, 0) is 72.6 Å². The Morgan fingerprint density at radius 1 is 1.06 bits per heavy atom. The highest BCUT2D eigenvalue weighted by Gasteiger charge is 2.18. The van der Waals surface area contributed by atoms with Crippen LogP contribution in [0.25, 0.3) is 22.8 Å². The fraction of sp³-hybridized carbons (Fsp3) is 0.333. The number of nitrogens with one attached hydrogen (secondary N) is 3. The van der Waals surface area contributed by atoms with Gasteiger partial charge in [-0.2, -0.15) is 0 Å². The number of rotatable bonds is 9. The molecule has 3 aromatic rings. The van der Waals surface area contributed by atoms with Crippen molar-refractivity contribution >= 4 is 17.5 Å². The van der Waals surface area contributed by atoms with Gasteiger partial charge in [0.2, 0.25) is 0 Å². The van der Waals surface area contributed by atoms with Gasteiger partial charge in [-0.25, -0.2) is 0 Å². The molecule has 162 valence electrons. The summed E-state index contributed by atoms with van der Waals surface area (Å²) in [5, 5.41) is 6.79. The first kappa shape index (κ1) is 21.4. The van der Waals surface area contributed by atoms with E-state index in [9.17, 15) is 0 Å². The SMILES string of the molecule is Cc1ccccc1-c1c[nH]c2c1C=C(c1cccc(CCC(C)CCNCN)c1)CN2. The largest absolute Gasteiger partial charge is 0.367 e. The van der Waals surface area contributed by atoms with Gasteiger partial charge in [0.25, 0.3) is 0 Å².